The predicted molar refractivity (Wildman–Crippen MR) is 85.0 cm³/mol. The lowest BCUT2D eigenvalue weighted by Crippen LogP contribution is -2.32. The monoisotopic (exact) mass is 287 g/mol. The summed E-state index contributed by atoms with van der Waals surface area (Å²) in [5.74, 6) is 0.0694. The number of carbonyl (C=O) groups excluding carboxylic acids is 1. The smallest absolute Gasteiger partial charge is 0.328 e. The van der Waals surface area contributed by atoms with Crippen molar-refractivity contribution in [1.82, 2.24) is 4.98 Å². The van der Waals surface area contributed by atoms with Crippen LogP contribution in [0.25, 0.3) is 10.9 Å². The standard InChI is InChI=1S/C16H21N3O2/c1-10(2)8-14(16(20)21-3)19-15-11-6-4-5-7-13(11)18-9-12(15)17/h4-7,9-10,14H,8,17H2,1-3H3,(H,18,19). The molecule has 0 bridgehead atoms. The number of ether oxygens (including phenoxy) is 1. The number of nitrogens with zero attached hydrogens (tertiary/aromatic N) is 1. The lowest BCUT2D eigenvalue weighted by molar-refractivity contribution is -0.141. The van der Waals surface area contributed by atoms with Crippen LogP contribution in [0.3, 0.4) is 0 Å². The molecule has 0 aliphatic rings. The van der Waals surface area contributed by atoms with Gasteiger partial charge in [0.25, 0.3) is 0 Å². The van der Waals surface area contributed by atoms with Crippen molar-refractivity contribution in [3.63, 3.8) is 0 Å². The minimum atomic E-state index is -0.428. The zero-order valence-corrected chi connectivity index (χ0v) is 12.6. The third-order valence-corrected chi connectivity index (χ3v) is 3.32. The Morgan fingerprint density at radius 3 is 2.76 bits per heavy atom. The predicted octanol–water partition coefficient (Wildman–Crippen LogP) is 2.82. The van der Waals surface area contributed by atoms with Crippen LogP contribution in [0.1, 0.15) is 20.3 Å². The molecule has 2 aromatic rings. The summed E-state index contributed by atoms with van der Waals surface area (Å²) in [4.78, 5) is 16.3. The average Bonchev–Trinajstić information content (AvgIpc) is 2.48. The van der Waals surface area contributed by atoms with Crippen molar-refractivity contribution in [2.75, 3.05) is 18.2 Å². The van der Waals surface area contributed by atoms with Gasteiger partial charge in [-0.3, -0.25) is 4.98 Å². The van der Waals surface area contributed by atoms with Gasteiger partial charge >= 0.3 is 5.97 Å². The fraction of sp³-hybridized carbons (Fsp3) is 0.375. The summed E-state index contributed by atoms with van der Waals surface area (Å²) in [6.07, 6.45) is 2.27. The Bertz CT molecular complexity index is 640. The first-order valence-corrected chi connectivity index (χ1v) is 7.00. The summed E-state index contributed by atoms with van der Waals surface area (Å²) in [5.41, 5.74) is 8.12. The fourth-order valence-electron chi connectivity index (χ4n) is 2.32. The zero-order chi connectivity index (χ0) is 15.4. The molecule has 0 aliphatic heterocycles. The molecule has 0 amide bonds. The molecule has 1 atom stereocenters. The van der Waals surface area contributed by atoms with Crippen LogP contribution < -0.4 is 11.1 Å². The molecule has 1 aromatic carbocycles. The molecule has 0 saturated heterocycles. The topological polar surface area (TPSA) is 77.2 Å². The van der Waals surface area contributed by atoms with E-state index in [1.54, 1.807) is 6.20 Å². The van der Waals surface area contributed by atoms with E-state index in [0.29, 0.717) is 18.0 Å². The van der Waals surface area contributed by atoms with Crippen LogP contribution in [-0.2, 0) is 9.53 Å². The number of nitrogen functional groups attached to an aromatic ring is 1. The number of hydrogen-bond acceptors (Lipinski definition) is 5. The highest BCUT2D eigenvalue weighted by Gasteiger charge is 2.22. The van der Waals surface area contributed by atoms with E-state index in [2.05, 4.69) is 24.1 Å². The number of pyridine rings is 1. The number of aromatic nitrogens is 1. The zero-order valence-electron chi connectivity index (χ0n) is 12.6. The van der Waals surface area contributed by atoms with E-state index in [0.717, 1.165) is 16.6 Å². The second-order valence-corrected chi connectivity index (χ2v) is 5.46. The van der Waals surface area contributed by atoms with Crippen LogP contribution >= 0.6 is 0 Å². The van der Waals surface area contributed by atoms with Crippen LogP contribution in [0, 0.1) is 5.92 Å². The van der Waals surface area contributed by atoms with Gasteiger partial charge in [0.05, 0.1) is 30.2 Å². The van der Waals surface area contributed by atoms with Gasteiger partial charge in [0, 0.05) is 5.39 Å². The molecule has 0 spiro atoms. The number of para-hydroxylation sites is 1. The summed E-state index contributed by atoms with van der Waals surface area (Å²) in [6.45, 7) is 4.12. The van der Waals surface area contributed by atoms with Crippen LogP contribution in [0.4, 0.5) is 11.4 Å². The van der Waals surface area contributed by atoms with Crippen molar-refractivity contribution in [3.8, 4) is 0 Å². The second-order valence-electron chi connectivity index (χ2n) is 5.46. The van der Waals surface area contributed by atoms with E-state index in [9.17, 15) is 4.79 Å². The molecule has 0 aliphatic carbocycles. The highest BCUT2D eigenvalue weighted by Crippen LogP contribution is 2.29. The van der Waals surface area contributed by atoms with E-state index >= 15 is 0 Å². The molecular formula is C16H21N3O2. The summed E-state index contributed by atoms with van der Waals surface area (Å²) in [7, 11) is 1.39. The van der Waals surface area contributed by atoms with Gasteiger partial charge in [-0.05, 0) is 18.4 Å². The van der Waals surface area contributed by atoms with E-state index in [1.165, 1.54) is 7.11 Å². The van der Waals surface area contributed by atoms with E-state index < -0.39 is 6.04 Å². The molecule has 5 heteroatoms. The quantitative estimate of drug-likeness (QED) is 0.827. The molecule has 1 aromatic heterocycles. The maximum absolute atomic E-state index is 12.0. The third-order valence-electron chi connectivity index (χ3n) is 3.32. The van der Waals surface area contributed by atoms with Crippen molar-refractivity contribution >= 4 is 28.2 Å². The molecule has 1 heterocycles. The molecule has 5 nitrogen and oxygen atoms in total. The number of methoxy groups -OCH3 is 1. The van der Waals surface area contributed by atoms with Gasteiger partial charge in [0.2, 0.25) is 0 Å². The molecular weight excluding hydrogens is 266 g/mol. The molecule has 0 fully saturated rings. The number of esters is 1. The number of nitrogens with two attached hydrogens (primary N) is 1. The molecule has 2 rings (SSSR count). The van der Waals surface area contributed by atoms with Crippen LogP contribution in [-0.4, -0.2) is 24.1 Å². The van der Waals surface area contributed by atoms with Gasteiger partial charge in [-0.15, -0.1) is 0 Å². The number of anilines is 2. The fourth-order valence-corrected chi connectivity index (χ4v) is 2.32. The van der Waals surface area contributed by atoms with Gasteiger partial charge < -0.3 is 15.8 Å². The summed E-state index contributed by atoms with van der Waals surface area (Å²) >= 11 is 0. The minimum absolute atomic E-state index is 0.288. The van der Waals surface area contributed by atoms with Crippen molar-refractivity contribution in [2.45, 2.75) is 26.3 Å². The number of nitrogens with one attached hydrogen (secondary N) is 1. The average molecular weight is 287 g/mol. The normalized spacial score (nSPS) is 12.4. The first-order chi connectivity index (χ1) is 10.0. The summed E-state index contributed by atoms with van der Waals surface area (Å²) in [5, 5.41) is 4.13. The lowest BCUT2D eigenvalue weighted by Gasteiger charge is -2.21. The maximum atomic E-state index is 12.0. The van der Waals surface area contributed by atoms with Crippen LogP contribution in [0.2, 0.25) is 0 Å². The number of carbonyl (C=O) groups is 1. The number of benzene rings is 1. The van der Waals surface area contributed by atoms with Gasteiger partial charge in [-0.2, -0.15) is 0 Å². The molecule has 21 heavy (non-hydrogen) atoms. The Morgan fingerprint density at radius 1 is 1.38 bits per heavy atom. The van der Waals surface area contributed by atoms with Crippen molar-refractivity contribution in [2.24, 2.45) is 5.92 Å². The second kappa shape index (κ2) is 6.43. The van der Waals surface area contributed by atoms with Crippen molar-refractivity contribution in [1.29, 1.82) is 0 Å². The Labute approximate surface area is 124 Å². The largest absolute Gasteiger partial charge is 0.467 e. The van der Waals surface area contributed by atoms with Crippen LogP contribution in [0.15, 0.2) is 30.5 Å². The number of fused-ring (bicyclic) bond motifs is 1. The van der Waals surface area contributed by atoms with E-state index in [-0.39, 0.29) is 5.97 Å². The molecule has 0 saturated carbocycles. The highest BCUT2D eigenvalue weighted by molar-refractivity contribution is 5.98. The first-order valence-electron chi connectivity index (χ1n) is 7.00. The van der Waals surface area contributed by atoms with Crippen LogP contribution in [0.5, 0.6) is 0 Å². The van der Waals surface area contributed by atoms with Gasteiger partial charge in [0.1, 0.15) is 6.04 Å². The van der Waals surface area contributed by atoms with Gasteiger partial charge in [0.15, 0.2) is 0 Å². The summed E-state index contributed by atoms with van der Waals surface area (Å²) < 4.78 is 4.88. The first kappa shape index (κ1) is 15.1. The van der Waals surface area contributed by atoms with Gasteiger partial charge in [-0.25, -0.2) is 4.79 Å². The Balaban J connectivity index is 2.40. The number of rotatable bonds is 5. The maximum Gasteiger partial charge on any atom is 0.328 e. The van der Waals surface area contributed by atoms with Crippen molar-refractivity contribution < 1.29 is 9.53 Å². The minimum Gasteiger partial charge on any atom is -0.467 e. The Kier molecular flexibility index (Phi) is 4.62. The third kappa shape index (κ3) is 3.42. The highest BCUT2D eigenvalue weighted by atomic mass is 16.5. The summed E-state index contributed by atoms with van der Waals surface area (Å²) in [6, 6.07) is 7.26. The molecule has 0 radical (unpaired) electrons. The molecule has 112 valence electrons. The van der Waals surface area contributed by atoms with Gasteiger partial charge in [-0.1, -0.05) is 32.0 Å². The SMILES string of the molecule is COC(=O)C(CC(C)C)Nc1c(N)cnc2ccccc12. The Morgan fingerprint density at radius 2 is 2.10 bits per heavy atom. The van der Waals surface area contributed by atoms with E-state index in [1.807, 2.05) is 24.3 Å². The molecule has 3 N–H and O–H groups in total. The van der Waals surface area contributed by atoms with Crippen molar-refractivity contribution in [3.05, 3.63) is 30.5 Å². The van der Waals surface area contributed by atoms with E-state index in [4.69, 9.17) is 10.5 Å². The lowest BCUT2D eigenvalue weighted by atomic mass is 10.0. The molecule has 1 unspecified atom stereocenters. The number of hydrogen-bond donors (Lipinski definition) is 2. The Hall–Kier alpha value is -2.30.